The van der Waals surface area contributed by atoms with Crippen LogP contribution in [0, 0.1) is 13.8 Å². The maximum Gasteiger partial charge on any atom is 0.227 e. The van der Waals surface area contributed by atoms with E-state index in [2.05, 4.69) is 39.8 Å². The third-order valence-electron chi connectivity index (χ3n) is 5.48. The summed E-state index contributed by atoms with van der Waals surface area (Å²) in [5, 5.41) is 11.3. The number of carbonyl (C=O) groups is 1. The fraction of sp³-hybridized carbons (Fsp3) is 0.500. The van der Waals surface area contributed by atoms with Crippen LogP contribution in [0.15, 0.2) is 29.3 Å². The topological polar surface area (TPSA) is 83.8 Å². The van der Waals surface area contributed by atoms with Crippen LogP contribution in [0.4, 0.5) is 5.69 Å². The highest BCUT2D eigenvalue weighted by Gasteiger charge is 2.21. The van der Waals surface area contributed by atoms with Gasteiger partial charge in [0.15, 0.2) is 5.96 Å². The van der Waals surface area contributed by atoms with Gasteiger partial charge in [-0.25, -0.2) is 0 Å². The lowest BCUT2D eigenvalue weighted by Crippen LogP contribution is -2.36. The number of methoxy groups -OCH3 is 1. The van der Waals surface area contributed by atoms with Gasteiger partial charge in [-0.15, -0.1) is 24.0 Å². The Hall–Kier alpha value is -2.14. The molecule has 2 aromatic rings. The average Bonchev–Trinajstić information content (AvgIpc) is 3.30. The SMILES string of the molecule is CN=C(NCc1ccc(N2CCCC2=O)cc1)NCc1c(C)nn(CCOC)c1C.I. The van der Waals surface area contributed by atoms with Gasteiger partial charge < -0.3 is 20.3 Å². The van der Waals surface area contributed by atoms with Crippen molar-refractivity contribution in [2.45, 2.75) is 46.3 Å². The largest absolute Gasteiger partial charge is 0.383 e. The first kappa shape index (κ1) is 25.1. The van der Waals surface area contributed by atoms with Gasteiger partial charge in [0, 0.05) is 57.2 Å². The molecule has 1 fully saturated rings. The zero-order valence-corrected chi connectivity index (χ0v) is 21.1. The maximum atomic E-state index is 11.9. The normalized spacial score (nSPS) is 14.0. The van der Waals surface area contributed by atoms with Gasteiger partial charge in [0.05, 0.1) is 18.8 Å². The van der Waals surface area contributed by atoms with Crippen molar-refractivity contribution in [2.24, 2.45) is 4.99 Å². The van der Waals surface area contributed by atoms with E-state index in [1.807, 2.05) is 28.6 Å². The molecule has 0 unspecified atom stereocenters. The van der Waals surface area contributed by atoms with Crippen molar-refractivity contribution in [3.05, 3.63) is 46.8 Å². The van der Waals surface area contributed by atoms with E-state index in [0.717, 1.165) is 48.1 Å². The summed E-state index contributed by atoms with van der Waals surface area (Å²) in [6.07, 6.45) is 1.59. The van der Waals surface area contributed by atoms with Crippen molar-refractivity contribution in [3.8, 4) is 0 Å². The molecular formula is C22H33IN6O2. The molecule has 3 rings (SSSR count). The number of rotatable bonds is 8. The molecular weight excluding hydrogens is 507 g/mol. The van der Waals surface area contributed by atoms with Crippen molar-refractivity contribution in [1.82, 2.24) is 20.4 Å². The highest BCUT2D eigenvalue weighted by atomic mass is 127. The van der Waals surface area contributed by atoms with Crippen LogP contribution in [-0.4, -0.2) is 49.0 Å². The number of carbonyl (C=O) groups excluding carboxylic acids is 1. The number of halogens is 1. The molecule has 0 bridgehead atoms. The van der Waals surface area contributed by atoms with Gasteiger partial charge in [-0.3, -0.25) is 14.5 Å². The molecule has 8 nitrogen and oxygen atoms in total. The quantitative estimate of drug-likeness (QED) is 0.306. The van der Waals surface area contributed by atoms with Gasteiger partial charge >= 0.3 is 0 Å². The average molecular weight is 540 g/mol. The van der Waals surface area contributed by atoms with E-state index >= 15 is 0 Å². The molecule has 31 heavy (non-hydrogen) atoms. The number of amides is 1. The lowest BCUT2D eigenvalue weighted by molar-refractivity contribution is -0.117. The first-order chi connectivity index (χ1) is 14.5. The van der Waals surface area contributed by atoms with E-state index in [1.165, 1.54) is 5.56 Å². The molecule has 0 atom stereocenters. The van der Waals surface area contributed by atoms with Gasteiger partial charge in [-0.1, -0.05) is 12.1 Å². The van der Waals surface area contributed by atoms with Crippen molar-refractivity contribution >= 4 is 41.5 Å². The number of aryl methyl sites for hydroxylation is 1. The standard InChI is InChI=1S/C22H32N6O2.HI/c1-16-20(17(2)28(26-16)12-13-30-4)15-25-22(23-3)24-14-18-7-9-19(10-8-18)27-11-5-6-21(27)29;/h7-10H,5-6,11-15H2,1-4H3,(H2,23,24,25);1H. The summed E-state index contributed by atoms with van der Waals surface area (Å²) in [6.45, 7) is 7.61. The first-order valence-corrected chi connectivity index (χ1v) is 10.4. The first-order valence-electron chi connectivity index (χ1n) is 10.4. The summed E-state index contributed by atoms with van der Waals surface area (Å²) in [6, 6.07) is 8.12. The summed E-state index contributed by atoms with van der Waals surface area (Å²) in [5.74, 6) is 0.943. The van der Waals surface area contributed by atoms with Gasteiger partial charge in [0.25, 0.3) is 0 Å². The van der Waals surface area contributed by atoms with E-state index in [-0.39, 0.29) is 29.9 Å². The molecule has 2 N–H and O–H groups in total. The molecule has 2 heterocycles. The summed E-state index contributed by atoms with van der Waals surface area (Å²) < 4.78 is 7.14. The predicted molar refractivity (Wildman–Crippen MR) is 134 cm³/mol. The highest BCUT2D eigenvalue weighted by molar-refractivity contribution is 14.0. The van der Waals surface area contributed by atoms with Crippen molar-refractivity contribution in [2.75, 3.05) is 32.2 Å². The number of guanidine groups is 1. The molecule has 1 aromatic carbocycles. The van der Waals surface area contributed by atoms with Gasteiger partial charge in [-0.05, 0) is 38.0 Å². The number of hydrogen-bond acceptors (Lipinski definition) is 4. The van der Waals surface area contributed by atoms with Crippen LogP contribution in [0.25, 0.3) is 0 Å². The second kappa shape index (κ2) is 12.0. The summed E-state index contributed by atoms with van der Waals surface area (Å²) in [7, 11) is 3.46. The Balaban J connectivity index is 0.00000341. The van der Waals surface area contributed by atoms with Crippen LogP contribution in [0.5, 0.6) is 0 Å². The summed E-state index contributed by atoms with van der Waals surface area (Å²) in [5.41, 5.74) is 5.43. The molecule has 0 radical (unpaired) electrons. The zero-order chi connectivity index (χ0) is 21.5. The monoisotopic (exact) mass is 540 g/mol. The number of anilines is 1. The molecule has 0 spiro atoms. The van der Waals surface area contributed by atoms with E-state index in [1.54, 1.807) is 14.2 Å². The summed E-state index contributed by atoms with van der Waals surface area (Å²) >= 11 is 0. The number of nitrogens with zero attached hydrogens (tertiary/aromatic N) is 4. The van der Waals surface area contributed by atoms with Crippen molar-refractivity contribution in [3.63, 3.8) is 0 Å². The Bertz CT molecular complexity index is 894. The highest BCUT2D eigenvalue weighted by Crippen LogP contribution is 2.21. The second-order valence-corrected chi connectivity index (χ2v) is 7.46. The number of hydrogen-bond donors (Lipinski definition) is 2. The molecule has 1 amide bonds. The molecule has 1 saturated heterocycles. The van der Waals surface area contributed by atoms with E-state index in [0.29, 0.717) is 26.1 Å². The summed E-state index contributed by atoms with van der Waals surface area (Å²) in [4.78, 5) is 18.1. The van der Waals surface area contributed by atoms with Gasteiger partial charge in [-0.2, -0.15) is 5.10 Å². The van der Waals surface area contributed by atoms with Gasteiger partial charge in [0.1, 0.15) is 0 Å². The van der Waals surface area contributed by atoms with E-state index in [9.17, 15) is 4.79 Å². The Morgan fingerprint density at radius 3 is 2.52 bits per heavy atom. The Morgan fingerprint density at radius 2 is 1.90 bits per heavy atom. The van der Waals surface area contributed by atoms with Crippen LogP contribution in [0.1, 0.15) is 35.4 Å². The zero-order valence-electron chi connectivity index (χ0n) is 18.8. The molecule has 1 aromatic heterocycles. The fourth-order valence-corrected chi connectivity index (χ4v) is 3.68. The smallest absolute Gasteiger partial charge is 0.227 e. The van der Waals surface area contributed by atoms with E-state index < -0.39 is 0 Å². The maximum absolute atomic E-state index is 11.9. The van der Waals surface area contributed by atoms with Crippen LogP contribution in [-0.2, 0) is 29.2 Å². The third kappa shape index (κ3) is 6.42. The molecule has 0 aliphatic carbocycles. The molecule has 9 heteroatoms. The van der Waals surface area contributed by atoms with Crippen LogP contribution < -0.4 is 15.5 Å². The van der Waals surface area contributed by atoms with Crippen LogP contribution in [0.3, 0.4) is 0 Å². The van der Waals surface area contributed by atoms with Crippen LogP contribution >= 0.6 is 24.0 Å². The number of benzene rings is 1. The minimum absolute atomic E-state index is 0. The molecule has 170 valence electrons. The number of aromatic nitrogens is 2. The predicted octanol–water partition coefficient (Wildman–Crippen LogP) is 2.76. The minimum Gasteiger partial charge on any atom is -0.383 e. The van der Waals surface area contributed by atoms with Crippen molar-refractivity contribution < 1.29 is 9.53 Å². The van der Waals surface area contributed by atoms with E-state index in [4.69, 9.17) is 4.74 Å². The number of aliphatic imine (C=N–C) groups is 1. The molecule has 0 saturated carbocycles. The number of nitrogens with one attached hydrogen (secondary N) is 2. The Morgan fingerprint density at radius 1 is 1.19 bits per heavy atom. The second-order valence-electron chi connectivity index (χ2n) is 7.46. The Kier molecular flexibility index (Phi) is 9.76. The van der Waals surface area contributed by atoms with Crippen LogP contribution in [0.2, 0.25) is 0 Å². The minimum atomic E-state index is 0. The molecule has 1 aliphatic rings. The third-order valence-corrected chi connectivity index (χ3v) is 5.48. The Labute approximate surface area is 201 Å². The lowest BCUT2D eigenvalue weighted by Gasteiger charge is -2.16. The fourth-order valence-electron chi connectivity index (χ4n) is 3.68. The van der Waals surface area contributed by atoms with Crippen molar-refractivity contribution in [1.29, 1.82) is 0 Å². The lowest BCUT2D eigenvalue weighted by atomic mass is 10.2. The molecule has 1 aliphatic heterocycles. The van der Waals surface area contributed by atoms with Gasteiger partial charge in [0.2, 0.25) is 5.91 Å². The number of ether oxygens (including phenoxy) is 1.